The molecule has 0 aromatic carbocycles. The monoisotopic (exact) mass is 300 g/mol. The molecule has 4 saturated carbocycles. The molecule has 0 aliphatic heterocycles. The standard InChI is InChI=1S/C12H16Cl4/c13-7-11-4-8-1-9(5-11)3-10(11,2-8)6-12(14,15)16/h8-9H,1-7H2/t8-,9-,10?,11?/m1/s1. The van der Waals surface area contributed by atoms with Crippen molar-refractivity contribution in [3.05, 3.63) is 0 Å². The van der Waals surface area contributed by atoms with Gasteiger partial charge in [0, 0.05) is 12.3 Å². The van der Waals surface area contributed by atoms with Crippen LogP contribution < -0.4 is 0 Å². The van der Waals surface area contributed by atoms with Gasteiger partial charge in [0.05, 0.1) is 0 Å². The molecule has 0 spiro atoms. The van der Waals surface area contributed by atoms with Crippen molar-refractivity contribution >= 4 is 46.4 Å². The van der Waals surface area contributed by atoms with Gasteiger partial charge in [-0.05, 0) is 54.8 Å². The molecule has 0 aromatic rings. The summed E-state index contributed by atoms with van der Waals surface area (Å²) in [7, 11) is 0. The van der Waals surface area contributed by atoms with Crippen molar-refractivity contribution in [1.82, 2.24) is 0 Å². The van der Waals surface area contributed by atoms with Gasteiger partial charge in [-0.1, -0.05) is 34.8 Å². The Morgan fingerprint density at radius 2 is 1.44 bits per heavy atom. The Hall–Kier alpha value is 1.16. The fraction of sp³-hybridized carbons (Fsp3) is 1.00. The summed E-state index contributed by atoms with van der Waals surface area (Å²) in [6.07, 6.45) is 7.11. The molecule has 4 bridgehead atoms. The summed E-state index contributed by atoms with van der Waals surface area (Å²) in [6.45, 7) is 0. The van der Waals surface area contributed by atoms with E-state index in [2.05, 4.69) is 0 Å². The fourth-order valence-corrected chi connectivity index (χ4v) is 6.43. The van der Waals surface area contributed by atoms with E-state index in [4.69, 9.17) is 46.4 Å². The van der Waals surface area contributed by atoms with Gasteiger partial charge in [0.1, 0.15) is 0 Å². The Bertz CT molecular complexity index is 293. The molecule has 92 valence electrons. The van der Waals surface area contributed by atoms with Gasteiger partial charge in [0.2, 0.25) is 0 Å². The maximum absolute atomic E-state index is 6.27. The van der Waals surface area contributed by atoms with Crippen molar-refractivity contribution in [3.63, 3.8) is 0 Å². The molecule has 2 atom stereocenters. The van der Waals surface area contributed by atoms with Crippen molar-refractivity contribution in [2.24, 2.45) is 22.7 Å². The summed E-state index contributed by atoms with van der Waals surface area (Å²) in [5, 5.41) is 0. The molecule has 0 amide bonds. The minimum Gasteiger partial charge on any atom is -0.126 e. The Labute approximate surface area is 117 Å². The minimum absolute atomic E-state index is 0.230. The fourth-order valence-electron chi connectivity index (χ4n) is 5.16. The Balaban J connectivity index is 1.94. The highest BCUT2D eigenvalue weighted by Crippen LogP contribution is 2.75. The third kappa shape index (κ3) is 1.63. The lowest BCUT2D eigenvalue weighted by atomic mass is 9.67. The first-order valence-electron chi connectivity index (χ1n) is 6.01. The molecular weight excluding hydrogens is 286 g/mol. The quantitative estimate of drug-likeness (QED) is 0.616. The second kappa shape index (κ2) is 3.59. The molecule has 0 nitrogen and oxygen atoms in total. The van der Waals surface area contributed by atoms with Crippen LogP contribution in [0.15, 0.2) is 0 Å². The van der Waals surface area contributed by atoms with Crippen LogP contribution in [0.2, 0.25) is 0 Å². The molecule has 16 heavy (non-hydrogen) atoms. The molecule has 4 aliphatic carbocycles. The van der Waals surface area contributed by atoms with Gasteiger partial charge in [-0.25, -0.2) is 0 Å². The average molecular weight is 302 g/mol. The van der Waals surface area contributed by atoms with Crippen LogP contribution in [-0.4, -0.2) is 9.67 Å². The van der Waals surface area contributed by atoms with Crippen molar-refractivity contribution in [1.29, 1.82) is 0 Å². The lowest BCUT2D eigenvalue weighted by Crippen LogP contribution is -2.37. The zero-order valence-corrected chi connectivity index (χ0v) is 12.1. The van der Waals surface area contributed by atoms with Crippen LogP contribution in [0.5, 0.6) is 0 Å². The molecule has 4 rings (SSSR count). The third-order valence-corrected chi connectivity index (χ3v) is 6.22. The van der Waals surface area contributed by atoms with Gasteiger partial charge in [-0.15, -0.1) is 11.6 Å². The molecule has 0 radical (unpaired) electrons. The van der Waals surface area contributed by atoms with E-state index in [1.807, 2.05) is 0 Å². The van der Waals surface area contributed by atoms with E-state index in [1.165, 1.54) is 32.1 Å². The predicted molar refractivity (Wildman–Crippen MR) is 70.6 cm³/mol. The summed E-state index contributed by atoms with van der Waals surface area (Å²) in [4.78, 5) is 0. The molecule has 4 heteroatoms. The zero-order valence-electron chi connectivity index (χ0n) is 9.12. The number of hydrogen-bond acceptors (Lipinski definition) is 0. The van der Waals surface area contributed by atoms with Gasteiger partial charge in [0.25, 0.3) is 0 Å². The molecule has 4 aliphatic rings. The van der Waals surface area contributed by atoms with Crippen molar-refractivity contribution in [3.8, 4) is 0 Å². The highest BCUT2D eigenvalue weighted by atomic mass is 35.6. The minimum atomic E-state index is -1.11. The second-order valence-electron chi connectivity index (χ2n) is 6.27. The second-order valence-corrected chi connectivity index (χ2v) is 9.05. The maximum Gasteiger partial charge on any atom is 0.191 e. The van der Waals surface area contributed by atoms with E-state index < -0.39 is 3.79 Å². The van der Waals surface area contributed by atoms with Gasteiger partial charge in [-0.3, -0.25) is 0 Å². The lowest BCUT2D eigenvalue weighted by molar-refractivity contribution is 0.124. The molecule has 4 fully saturated rings. The summed E-state index contributed by atoms with van der Waals surface area (Å²) in [5.74, 6) is 2.44. The topological polar surface area (TPSA) is 0 Å². The SMILES string of the molecule is ClCC12C[C@@H]3C[C@@H](C1)CC2(CC(Cl)(Cl)Cl)C3. The Morgan fingerprint density at radius 1 is 0.938 bits per heavy atom. The molecule has 0 saturated heterocycles. The predicted octanol–water partition coefficient (Wildman–Crippen LogP) is 5.18. The summed E-state index contributed by atoms with van der Waals surface area (Å²) >= 11 is 24.4. The first kappa shape index (κ1) is 12.2. The molecule has 0 N–H and O–H groups in total. The van der Waals surface area contributed by atoms with Gasteiger partial charge in [0.15, 0.2) is 3.79 Å². The van der Waals surface area contributed by atoms with Crippen LogP contribution in [0.4, 0.5) is 0 Å². The van der Waals surface area contributed by atoms with E-state index in [1.54, 1.807) is 0 Å². The summed E-state index contributed by atoms with van der Waals surface area (Å²) in [5.41, 5.74) is 0.514. The first-order chi connectivity index (χ1) is 7.38. The van der Waals surface area contributed by atoms with E-state index in [0.29, 0.717) is 6.42 Å². The summed E-state index contributed by atoms with van der Waals surface area (Å²) in [6, 6.07) is 0. The number of hydrogen-bond donors (Lipinski definition) is 0. The van der Waals surface area contributed by atoms with Crippen LogP contribution in [0, 0.1) is 22.7 Å². The van der Waals surface area contributed by atoms with Crippen LogP contribution >= 0.6 is 46.4 Å². The highest BCUT2D eigenvalue weighted by Gasteiger charge is 2.67. The van der Waals surface area contributed by atoms with Crippen LogP contribution in [0.1, 0.15) is 38.5 Å². The van der Waals surface area contributed by atoms with Gasteiger partial charge in [-0.2, -0.15) is 0 Å². The van der Waals surface area contributed by atoms with Gasteiger partial charge >= 0.3 is 0 Å². The number of halogens is 4. The number of alkyl halides is 4. The summed E-state index contributed by atoms with van der Waals surface area (Å²) < 4.78 is -1.11. The van der Waals surface area contributed by atoms with E-state index in [-0.39, 0.29) is 10.8 Å². The van der Waals surface area contributed by atoms with E-state index in [0.717, 1.165) is 17.7 Å². The molecule has 0 unspecified atom stereocenters. The largest absolute Gasteiger partial charge is 0.191 e. The molecule has 0 aromatic heterocycles. The van der Waals surface area contributed by atoms with Crippen molar-refractivity contribution in [2.45, 2.75) is 42.3 Å². The van der Waals surface area contributed by atoms with Crippen molar-refractivity contribution < 1.29 is 0 Å². The normalized spacial score (nSPS) is 50.2. The van der Waals surface area contributed by atoms with Gasteiger partial charge < -0.3 is 0 Å². The van der Waals surface area contributed by atoms with Crippen LogP contribution in [0.25, 0.3) is 0 Å². The zero-order chi connectivity index (χ0) is 11.6. The highest BCUT2D eigenvalue weighted by molar-refractivity contribution is 6.67. The van der Waals surface area contributed by atoms with Crippen LogP contribution in [0.3, 0.4) is 0 Å². The lowest BCUT2D eigenvalue weighted by Gasteiger charge is -2.41. The third-order valence-electron chi connectivity index (χ3n) is 5.30. The Morgan fingerprint density at radius 3 is 1.88 bits per heavy atom. The maximum atomic E-state index is 6.27. The average Bonchev–Trinajstić information content (AvgIpc) is 2.43. The van der Waals surface area contributed by atoms with Crippen molar-refractivity contribution in [2.75, 3.05) is 5.88 Å². The van der Waals surface area contributed by atoms with Crippen LogP contribution in [-0.2, 0) is 0 Å². The molecule has 0 heterocycles. The van der Waals surface area contributed by atoms with E-state index >= 15 is 0 Å². The molecular formula is C12H16Cl4. The number of rotatable bonds is 2. The van der Waals surface area contributed by atoms with E-state index in [9.17, 15) is 0 Å². The smallest absolute Gasteiger partial charge is 0.126 e. The first-order valence-corrected chi connectivity index (χ1v) is 7.68. The Kier molecular flexibility index (Phi) is 2.74.